The third-order valence-electron chi connectivity index (χ3n) is 2.54. The molecule has 0 bridgehead atoms. The Labute approximate surface area is 134 Å². The van der Waals surface area contributed by atoms with Gasteiger partial charge in [-0.3, -0.25) is 0 Å². The predicted octanol–water partition coefficient (Wildman–Crippen LogP) is 1.24. The molecule has 0 unspecified atom stereocenters. The van der Waals surface area contributed by atoms with Crippen molar-refractivity contribution >= 4 is 11.9 Å². The van der Waals surface area contributed by atoms with Gasteiger partial charge < -0.3 is 9.84 Å². The number of carboxylic acid groups (broad SMARTS) is 1. The first-order valence-electron chi connectivity index (χ1n) is 6.37. The van der Waals surface area contributed by atoms with Crippen LogP contribution in [0.4, 0.5) is 13.2 Å². The van der Waals surface area contributed by atoms with Crippen molar-refractivity contribution in [2.45, 2.75) is 12.7 Å². The number of rotatable bonds is 3. The van der Waals surface area contributed by atoms with Crippen molar-refractivity contribution in [1.82, 2.24) is 10.2 Å². The maximum absolute atomic E-state index is 11.0. The van der Waals surface area contributed by atoms with Crippen molar-refractivity contribution in [2.75, 3.05) is 7.11 Å². The standard InChI is InChI=1S/C11H9N3O2.C3H3F3O2/c15-11(16)8-14-5-2-9(3-6-14)10-1-4-12-13-7-10;1-8-2(7)3(4,5)6/h1-7H,8H2;1H3/p+1. The number of methoxy groups -OCH3 is 1. The summed E-state index contributed by atoms with van der Waals surface area (Å²) in [5, 5.41) is 16.1. The number of pyridine rings is 1. The minimum Gasteiger partial charge on any atom is -0.477 e. The number of hydrogen-bond acceptors (Lipinski definition) is 5. The fourth-order valence-electron chi connectivity index (χ4n) is 1.49. The average molecular weight is 344 g/mol. The Bertz CT molecular complexity index is 676. The number of carboxylic acids is 1. The van der Waals surface area contributed by atoms with Gasteiger partial charge in [-0.2, -0.15) is 27.9 Å². The lowest BCUT2D eigenvalue weighted by molar-refractivity contribution is -0.685. The quantitative estimate of drug-likeness (QED) is 0.665. The van der Waals surface area contributed by atoms with Crippen LogP contribution in [0.25, 0.3) is 11.1 Å². The van der Waals surface area contributed by atoms with E-state index in [0.29, 0.717) is 7.11 Å². The molecule has 2 aromatic rings. The lowest BCUT2D eigenvalue weighted by Gasteiger charge is -1.99. The number of hydrogen-bond donors (Lipinski definition) is 1. The normalized spacial score (nSPS) is 10.3. The van der Waals surface area contributed by atoms with Gasteiger partial charge in [0.1, 0.15) is 0 Å². The summed E-state index contributed by atoms with van der Waals surface area (Å²) in [5.41, 5.74) is 1.94. The fraction of sp³-hybridized carbons (Fsp3) is 0.214. The Balaban J connectivity index is 0.000000307. The van der Waals surface area contributed by atoms with Gasteiger partial charge in [0.05, 0.1) is 19.5 Å². The summed E-state index contributed by atoms with van der Waals surface area (Å²) >= 11 is 0. The van der Waals surface area contributed by atoms with E-state index in [1.54, 1.807) is 29.4 Å². The third-order valence-corrected chi connectivity index (χ3v) is 2.54. The summed E-state index contributed by atoms with van der Waals surface area (Å²) in [5.74, 6) is -3.03. The van der Waals surface area contributed by atoms with E-state index in [-0.39, 0.29) is 6.54 Å². The SMILES string of the molecule is COC(=O)C(F)(F)F.O=C(O)C[n+]1ccc(-c2ccnnc2)cc1. The summed E-state index contributed by atoms with van der Waals surface area (Å²) in [6.45, 7) is -0.0329. The molecular formula is C14H13F3N3O4+. The molecule has 2 aromatic heterocycles. The molecule has 0 aliphatic carbocycles. The topological polar surface area (TPSA) is 93.3 Å². The van der Waals surface area contributed by atoms with Gasteiger partial charge in [0, 0.05) is 17.7 Å². The number of carbonyl (C=O) groups excluding carboxylic acids is 1. The number of aliphatic carboxylic acids is 1. The Morgan fingerprint density at radius 2 is 1.79 bits per heavy atom. The second-order valence-electron chi connectivity index (χ2n) is 4.27. The number of carbonyl (C=O) groups is 2. The predicted molar refractivity (Wildman–Crippen MR) is 73.4 cm³/mol. The molecule has 0 saturated heterocycles. The van der Waals surface area contributed by atoms with Gasteiger partial charge in [0.25, 0.3) is 0 Å². The van der Waals surface area contributed by atoms with E-state index in [4.69, 9.17) is 5.11 Å². The molecule has 7 nitrogen and oxygen atoms in total. The first-order valence-corrected chi connectivity index (χ1v) is 6.37. The van der Waals surface area contributed by atoms with E-state index in [1.165, 1.54) is 0 Å². The smallest absolute Gasteiger partial charge is 0.477 e. The second-order valence-corrected chi connectivity index (χ2v) is 4.27. The van der Waals surface area contributed by atoms with Crippen molar-refractivity contribution < 1.29 is 37.2 Å². The van der Waals surface area contributed by atoms with Crippen LogP contribution in [0.15, 0.2) is 43.0 Å². The van der Waals surface area contributed by atoms with Gasteiger partial charge in [0.15, 0.2) is 12.4 Å². The zero-order valence-electron chi connectivity index (χ0n) is 12.4. The van der Waals surface area contributed by atoms with E-state index in [2.05, 4.69) is 14.9 Å². The van der Waals surface area contributed by atoms with Crippen LogP contribution < -0.4 is 4.57 Å². The Hall–Kier alpha value is -3.04. The number of aromatic nitrogens is 3. The zero-order chi connectivity index (χ0) is 18.2. The zero-order valence-corrected chi connectivity index (χ0v) is 12.4. The Kier molecular flexibility index (Phi) is 6.78. The molecule has 1 N–H and O–H groups in total. The number of alkyl halides is 3. The molecule has 0 saturated carbocycles. The van der Waals surface area contributed by atoms with Gasteiger partial charge in [-0.05, 0) is 11.6 Å². The Morgan fingerprint density at radius 1 is 1.17 bits per heavy atom. The van der Waals surface area contributed by atoms with Crippen LogP contribution in [-0.4, -0.2) is 40.5 Å². The van der Waals surface area contributed by atoms with Gasteiger partial charge in [-0.25, -0.2) is 9.59 Å². The highest BCUT2D eigenvalue weighted by Crippen LogP contribution is 2.15. The molecule has 0 fully saturated rings. The largest absolute Gasteiger partial charge is 0.490 e. The van der Waals surface area contributed by atoms with Crippen LogP contribution in [0.1, 0.15) is 0 Å². The van der Waals surface area contributed by atoms with Gasteiger partial charge >= 0.3 is 18.1 Å². The van der Waals surface area contributed by atoms with E-state index in [0.717, 1.165) is 11.1 Å². The Morgan fingerprint density at radius 3 is 2.17 bits per heavy atom. The molecule has 2 rings (SSSR count). The fourth-order valence-corrected chi connectivity index (χ4v) is 1.49. The maximum atomic E-state index is 11.0. The van der Waals surface area contributed by atoms with Gasteiger partial charge in [-0.15, -0.1) is 0 Å². The molecule has 24 heavy (non-hydrogen) atoms. The number of halogens is 3. The molecule has 10 heteroatoms. The molecule has 0 aliphatic heterocycles. The van der Waals surface area contributed by atoms with Gasteiger partial charge in [0.2, 0.25) is 6.54 Å². The highest BCUT2D eigenvalue weighted by molar-refractivity contribution is 5.75. The van der Waals surface area contributed by atoms with Crippen LogP contribution in [0.5, 0.6) is 0 Å². The molecule has 2 heterocycles. The van der Waals surface area contributed by atoms with E-state index in [1.807, 2.05) is 18.2 Å². The van der Waals surface area contributed by atoms with Crippen molar-refractivity contribution in [3.05, 3.63) is 43.0 Å². The van der Waals surface area contributed by atoms with Crippen molar-refractivity contribution in [1.29, 1.82) is 0 Å². The summed E-state index contributed by atoms with van der Waals surface area (Å²) in [7, 11) is 0.676. The minimum absolute atomic E-state index is 0.0329. The summed E-state index contributed by atoms with van der Waals surface area (Å²) < 4.78 is 37.9. The highest BCUT2D eigenvalue weighted by atomic mass is 19.4. The third kappa shape index (κ3) is 6.38. The molecule has 0 spiro atoms. The van der Waals surface area contributed by atoms with Crippen molar-refractivity contribution in [2.24, 2.45) is 0 Å². The molecule has 0 radical (unpaired) electrons. The number of esters is 1. The number of nitrogens with zero attached hydrogens (tertiary/aromatic N) is 3. The molecule has 128 valence electrons. The molecule has 0 atom stereocenters. The number of ether oxygens (including phenoxy) is 1. The maximum Gasteiger partial charge on any atom is 0.490 e. The minimum atomic E-state index is -4.85. The van der Waals surface area contributed by atoms with E-state index < -0.39 is 18.1 Å². The monoisotopic (exact) mass is 344 g/mol. The lowest BCUT2D eigenvalue weighted by Crippen LogP contribution is -2.36. The average Bonchev–Trinajstić information content (AvgIpc) is 2.55. The van der Waals surface area contributed by atoms with Crippen LogP contribution in [0.2, 0.25) is 0 Å². The van der Waals surface area contributed by atoms with Crippen molar-refractivity contribution in [3.8, 4) is 11.1 Å². The summed E-state index contributed by atoms with van der Waals surface area (Å²) in [6, 6.07) is 5.55. The van der Waals surface area contributed by atoms with E-state index >= 15 is 0 Å². The van der Waals surface area contributed by atoms with Crippen LogP contribution >= 0.6 is 0 Å². The highest BCUT2D eigenvalue weighted by Gasteiger charge is 2.40. The van der Waals surface area contributed by atoms with Gasteiger partial charge in [-0.1, -0.05) is 0 Å². The van der Waals surface area contributed by atoms with Crippen LogP contribution in [0.3, 0.4) is 0 Å². The summed E-state index contributed by atoms with van der Waals surface area (Å²) in [6.07, 6.45) is 1.88. The van der Waals surface area contributed by atoms with E-state index in [9.17, 15) is 22.8 Å². The first-order chi connectivity index (χ1) is 11.2. The lowest BCUT2D eigenvalue weighted by atomic mass is 10.1. The molecule has 0 aliphatic rings. The van der Waals surface area contributed by atoms with Crippen LogP contribution in [-0.2, 0) is 20.9 Å². The first kappa shape index (κ1) is 19.0. The molecular weight excluding hydrogens is 331 g/mol. The van der Waals surface area contributed by atoms with Crippen molar-refractivity contribution in [3.63, 3.8) is 0 Å². The molecule has 0 amide bonds. The molecule has 0 aromatic carbocycles. The summed E-state index contributed by atoms with van der Waals surface area (Å²) in [4.78, 5) is 20.0. The van der Waals surface area contributed by atoms with Crippen LogP contribution in [0, 0.1) is 0 Å². The second kappa shape index (κ2) is 8.56.